The highest BCUT2D eigenvalue weighted by Gasteiger charge is 2.62. The monoisotopic (exact) mass is 766 g/mol. The molecule has 7 rings (SSSR count). The van der Waals surface area contributed by atoms with Gasteiger partial charge in [-0.25, -0.2) is 23.2 Å². The van der Waals surface area contributed by atoms with E-state index in [1.165, 1.54) is 11.0 Å². The van der Waals surface area contributed by atoms with E-state index in [0.29, 0.717) is 47.6 Å². The molecule has 2 aliphatic heterocycles. The number of methoxy groups -OCH3 is 1. The van der Waals surface area contributed by atoms with Gasteiger partial charge < -0.3 is 29.7 Å². The molecule has 1 aromatic carbocycles. The maximum atomic E-state index is 14.6. The molecule has 3 heterocycles. The van der Waals surface area contributed by atoms with Gasteiger partial charge in [0, 0.05) is 18.4 Å². The Kier molecular flexibility index (Phi) is 10.0. The normalized spacial score (nSPS) is 30.3. The second kappa shape index (κ2) is 14.3. The molecule has 0 spiro atoms. The molecule has 1 saturated heterocycles. The first-order valence-electron chi connectivity index (χ1n) is 18.9. The molecule has 2 bridgehead atoms. The fourth-order valence-corrected chi connectivity index (χ4v) is 9.00. The minimum atomic E-state index is -3.90. The van der Waals surface area contributed by atoms with Crippen LogP contribution in [0.25, 0.3) is 11.0 Å². The lowest BCUT2D eigenvalue weighted by molar-refractivity contribution is -0.142. The Hall–Kier alpha value is -4.47. The number of nitrogens with zero attached hydrogens (tertiary/aromatic N) is 3. The molecule has 4 amide bonds. The second-order valence-electron chi connectivity index (χ2n) is 16.5. The van der Waals surface area contributed by atoms with Gasteiger partial charge >= 0.3 is 6.09 Å². The Balaban J connectivity index is 1.22. The van der Waals surface area contributed by atoms with Crippen LogP contribution in [-0.2, 0) is 35.6 Å². The summed E-state index contributed by atoms with van der Waals surface area (Å²) in [7, 11) is -2.33. The van der Waals surface area contributed by atoms with E-state index in [9.17, 15) is 27.6 Å². The average Bonchev–Trinajstić information content (AvgIpc) is 4.04. The fraction of sp³-hybridized carbons (Fsp3) is 0.632. The molecular formula is C38H50N6O9S. The topological polar surface area (TPSA) is 195 Å². The van der Waals surface area contributed by atoms with Crippen molar-refractivity contribution in [2.45, 2.75) is 120 Å². The Bertz CT molecular complexity index is 1960. The predicted molar refractivity (Wildman–Crippen MR) is 197 cm³/mol. The zero-order chi connectivity index (χ0) is 38.6. The third-order valence-electron chi connectivity index (χ3n) is 11.3. The number of aryl methyl sites for hydroxylation is 1. The molecule has 2 unspecified atom stereocenters. The van der Waals surface area contributed by atoms with Crippen LogP contribution in [0.3, 0.4) is 0 Å². The van der Waals surface area contributed by atoms with Crippen LogP contribution in [0, 0.1) is 17.3 Å². The van der Waals surface area contributed by atoms with Crippen molar-refractivity contribution >= 4 is 44.9 Å². The number of alkyl carbamates (subject to hydrolysis) is 1. The van der Waals surface area contributed by atoms with E-state index in [2.05, 4.69) is 21.9 Å². The van der Waals surface area contributed by atoms with Crippen molar-refractivity contribution in [1.82, 2.24) is 30.2 Å². The first-order chi connectivity index (χ1) is 25.6. The van der Waals surface area contributed by atoms with Gasteiger partial charge in [-0.2, -0.15) is 0 Å². The summed E-state index contributed by atoms with van der Waals surface area (Å²) in [5.74, 6) is -1.39. The van der Waals surface area contributed by atoms with Crippen molar-refractivity contribution < 1.29 is 41.8 Å². The highest BCUT2D eigenvalue weighted by Crippen LogP contribution is 2.46. The van der Waals surface area contributed by atoms with Crippen LogP contribution < -0.4 is 24.8 Å². The summed E-state index contributed by atoms with van der Waals surface area (Å²) in [5.41, 5.74) is -0.451. The Morgan fingerprint density at radius 3 is 2.54 bits per heavy atom. The van der Waals surface area contributed by atoms with Crippen LogP contribution in [0.15, 0.2) is 30.9 Å². The van der Waals surface area contributed by atoms with Crippen molar-refractivity contribution in [2.24, 2.45) is 17.3 Å². The van der Waals surface area contributed by atoms with E-state index in [1.54, 1.807) is 13.2 Å². The van der Waals surface area contributed by atoms with Crippen molar-refractivity contribution in [2.75, 3.05) is 13.7 Å². The summed E-state index contributed by atoms with van der Waals surface area (Å²) in [5, 5.41) is 4.96. The molecule has 1 aromatic heterocycles. The fourth-order valence-electron chi connectivity index (χ4n) is 7.64. The standard InChI is InChI=1S/C38H50N6O9S/c1-6-22-19-38(22,35(47)43-54(49,50)25-13-14-25)42-32(45)29-18-24-20-44(29)34(46)31(37(2,3)4)41-36(48)53-30-16-21(30)10-8-7-9-11-27-33(52-24)40-28-17-23(51-5)12-15-26(28)39-27/h6,12,15,17,21-22,24-25,29-31H,1,7-11,13-14,16,18-20H2,2-5H3,(H,41,48)(H,42,45)(H,43,47)/t21-,22?,24?,29+,30-,31-,38-/m1/s1. The number of carbonyl (C=O) groups is 4. The van der Waals surface area contributed by atoms with Gasteiger partial charge in [-0.1, -0.05) is 39.7 Å². The van der Waals surface area contributed by atoms with Crippen LogP contribution in [-0.4, -0.2) is 95.8 Å². The first-order valence-corrected chi connectivity index (χ1v) is 20.5. The number of hydrogen-bond donors (Lipinski definition) is 3. The maximum Gasteiger partial charge on any atom is 0.408 e. The zero-order valence-electron chi connectivity index (χ0n) is 31.3. The summed E-state index contributed by atoms with van der Waals surface area (Å²) in [6.45, 7) is 9.18. The summed E-state index contributed by atoms with van der Waals surface area (Å²) in [6.07, 6.45) is 5.93. The van der Waals surface area contributed by atoms with Gasteiger partial charge in [0.2, 0.25) is 27.7 Å². The van der Waals surface area contributed by atoms with Crippen LogP contribution in [0.4, 0.5) is 4.79 Å². The molecule has 2 aromatic rings. The van der Waals surface area contributed by atoms with Gasteiger partial charge in [-0.3, -0.25) is 19.1 Å². The molecule has 15 nitrogen and oxygen atoms in total. The summed E-state index contributed by atoms with van der Waals surface area (Å²) in [4.78, 5) is 66.8. The molecule has 3 N–H and O–H groups in total. The van der Waals surface area contributed by atoms with Crippen molar-refractivity contribution in [1.29, 1.82) is 0 Å². The molecule has 3 aliphatic carbocycles. The number of nitrogens with one attached hydrogen (secondary N) is 3. The number of aromatic nitrogens is 2. The van der Waals surface area contributed by atoms with E-state index in [4.69, 9.17) is 24.2 Å². The lowest BCUT2D eigenvalue weighted by Gasteiger charge is -2.35. The molecule has 16 heteroatoms. The van der Waals surface area contributed by atoms with Crippen LogP contribution >= 0.6 is 0 Å². The Morgan fingerprint density at radius 2 is 1.85 bits per heavy atom. The van der Waals surface area contributed by atoms with Gasteiger partial charge in [0.15, 0.2) is 0 Å². The number of rotatable bonds is 7. The lowest BCUT2D eigenvalue weighted by atomic mass is 9.85. The molecule has 3 saturated carbocycles. The smallest absolute Gasteiger partial charge is 0.408 e. The van der Waals surface area contributed by atoms with Crippen molar-refractivity contribution in [3.05, 3.63) is 36.5 Å². The molecule has 0 radical (unpaired) electrons. The van der Waals surface area contributed by atoms with Gasteiger partial charge in [0.05, 0.1) is 29.9 Å². The van der Waals surface area contributed by atoms with Crippen LogP contribution in [0.1, 0.15) is 84.3 Å². The molecule has 54 heavy (non-hydrogen) atoms. The first kappa shape index (κ1) is 37.8. The number of benzene rings is 1. The number of sulfonamides is 1. The van der Waals surface area contributed by atoms with Crippen LogP contribution in [0.5, 0.6) is 11.6 Å². The van der Waals surface area contributed by atoms with Crippen LogP contribution in [0.2, 0.25) is 0 Å². The van der Waals surface area contributed by atoms with E-state index < -0.39 is 74.1 Å². The number of amides is 4. The number of hydrogen-bond acceptors (Lipinski definition) is 11. The molecule has 4 fully saturated rings. The Labute approximate surface area is 315 Å². The number of carbonyl (C=O) groups excluding carboxylic acids is 4. The predicted octanol–water partition coefficient (Wildman–Crippen LogP) is 3.30. The lowest BCUT2D eigenvalue weighted by Crippen LogP contribution is -2.60. The highest BCUT2D eigenvalue weighted by atomic mass is 32.2. The minimum absolute atomic E-state index is 0.0245. The summed E-state index contributed by atoms with van der Waals surface area (Å²) >= 11 is 0. The molecule has 7 atom stereocenters. The van der Waals surface area contributed by atoms with Gasteiger partial charge in [0.25, 0.3) is 5.91 Å². The summed E-state index contributed by atoms with van der Waals surface area (Å²) < 4.78 is 45.3. The zero-order valence-corrected chi connectivity index (χ0v) is 32.1. The van der Waals surface area contributed by atoms with Gasteiger partial charge in [-0.05, 0) is 68.4 Å². The minimum Gasteiger partial charge on any atom is -0.497 e. The van der Waals surface area contributed by atoms with E-state index in [1.807, 2.05) is 32.9 Å². The average molecular weight is 767 g/mol. The molecular weight excluding hydrogens is 717 g/mol. The quantitative estimate of drug-likeness (QED) is 0.350. The molecule has 5 aliphatic rings. The van der Waals surface area contributed by atoms with Gasteiger partial charge in [0.1, 0.15) is 41.3 Å². The highest BCUT2D eigenvalue weighted by molar-refractivity contribution is 7.91. The van der Waals surface area contributed by atoms with E-state index in [0.717, 1.165) is 32.1 Å². The molecule has 292 valence electrons. The van der Waals surface area contributed by atoms with Crippen molar-refractivity contribution in [3.63, 3.8) is 0 Å². The van der Waals surface area contributed by atoms with E-state index >= 15 is 0 Å². The largest absolute Gasteiger partial charge is 0.497 e. The summed E-state index contributed by atoms with van der Waals surface area (Å²) in [6, 6.07) is 3.20. The third kappa shape index (κ3) is 7.85. The Morgan fingerprint density at radius 1 is 1.07 bits per heavy atom. The van der Waals surface area contributed by atoms with Gasteiger partial charge in [-0.15, -0.1) is 6.58 Å². The SMILES string of the molecule is C=CC1C[C@]1(NC(=O)[C@@H]1CC2CN1C(=O)[C@H](C(C)(C)C)NC(=O)O[C@@H]1C[C@H]1CCCCCc1nc3ccc(OC)cc3nc1O2)C(=O)NS(=O)(=O)C1CC1. The third-order valence-corrected chi connectivity index (χ3v) is 13.1. The van der Waals surface area contributed by atoms with Crippen molar-refractivity contribution in [3.8, 4) is 11.6 Å². The number of ether oxygens (including phenoxy) is 3. The van der Waals surface area contributed by atoms with E-state index in [-0.39, 0.29) is 31.4 Å². The maximum absolute atomic E-state index is 14.6. The number of fused-ring (bicyclic) bond motifs is 5. The second-order valence-corrected chi connectivity index (χ2v) is 18.4.